The molecule has 0 radical (unpaired) electrons. The Morgan fingerprint density at radius 1 is 1.14 bits per heavy atom. The molecule has 0 heterocycles. The maximum Gasteiger partial charge on any atom is 0.193 e. The zero-order valence-electron chi connectivity index (χ0n) is 16.1. The van der Waals surface area contributed by atoms with Crippen LogP contribution >= 0.6 is 0 Å². The highest BCUT2D eigenvalue weighted by Gasteiger charge is 2.40. The van der Waals surface area contributed by atoms with Crippen LogP contribution in [0.2, 0.25) is 37.8 Å². The van der Waals surface area contributed by atoms with E-state index in [4.69, 9.17) is 4.43 Å². The molecule has 0 unspecified atom stereocenters. The summed E-state index contributed by atoms with van der Waals surface area (Å²) in [6.45, 7) is 21.5. The van der Waals surface area contributed by atoms with Gasteiger partial charge in [0.2, 0.25) is 0 Å². The molecule has 0 saturated carbocycles. The maximum atomic E-state index is 12.2. The normalized spacial score (nSPS) is 16.1. The average molecular weight is 339 g/mol. The fourth-order valence-corrected chi connectivity index (χ4v) is 3.33. The lowest BCUT2D eigenvalue weighted by Gasteiger charge is -2.39. The van der Waals surface area contributed by atoms with Gasteiger partial charge in [-0.05, 0) is 31.1 Å². The summed E-state index contributed by atoms with van der Waals surface area (Å²) in [6, 6.07) is 0. The SMILES string of the molecule is C/C=C/C(=O)[C@H](C)[C@H](C#C[Si](C)(C)C)O[Si](C)(C)C(C)(C)C. The van der Waals surface area contributed by atoms with Gasteiger partial charge in [0, 0.05) is 0 Å². The van der Waals surface area contributed by atoms with E-state index in [9.17, 15) is 4.79 Å². The Hall–Kier alpha value is -0.636. The van der Waals surface area contributed by atoms with Crippen LogP contribution in [0.4, 0.5) is 0 Å². The second-order valence-electron chi connectivity index (χ2n) is 8.51. The van der Waals surface area contributed by atoms with Gasteiger partial charge >= 0.3 is 0 Å². The van der Waals surface area contributed by atoms with E-state index in [0.717, 1.165) is 0 Å². The van der Waals surface area contributed by atoms with E-state index >= 15 is 0 Å². The molecule has 0 amide bonds. The highest BCUT2D eigenvalue weighted by atomic mass is 28.4. The van der Waals surface area contributed by atoms with Crippen LogP contribution in [-0.2, 0) is 9.22 Å². The van der Waals surface area contributed by atoms with E-state index in [1.807, 2.05) is 13.8 Å². The fourth-order valence-electron chi connectivity index (χ4n) is 1.50. The molecule has 0 aromatic carbocycles. The maximum absolute atomic E-state index is 12.2. The third kappa shape index (κ3) is 7.08. The molecule has 0 spiro atoms. The van der Waals surface area contributed by atoms with Crippen LogP contribution in [0.5, 0.6) is 0 Å². The Bertz CT molecular complexity index is 468. The Morgan fingerprint density at radius 2 is 1.64 bits per heavy atom. The van der Waals surface area contributed by atoms with E-state index in [1.54, 1.807) is 12.2 Å². The van der Waals surface area contributed by atoms with Crippen LogP contribution in [-0.4, -0.2) is 28.3 Å². The van der Waals surface area contributed by atoms with Gasteiger partial charge < -0.3 is 4.43 Å². The van der Waals surface area contributed by atoms with Gasteiger partial charge in [-0.25, -0.2) is 0 Å². The topological polar surface area (TPSA) is 26.3 Å². The van der Waals surface area contributed by atoms with Crippen molar-refractivity contribution in [1.29, 1.82) is 0 Å². The van der Waals surface area contributed by atoms with Crippen LogP contribution in [0.1, 0.15) is 34.6 Å². The van der Waals surface area contributed by atoms with Crippen LogP contribution in [0, 0.1) is 17.4 Å². The van der Waals surface area contributed by atoms with Gasteiger partial charge in [-0.15, -0.1) is 5.54 Å². The molecule has 0 rings (SSSR count). The summed E-state index contributed by atoms with van der Waals surface area (Å²) in [5.41, 5.74) is 3.38. The largest absolute Gasteiger partial charge is 0.403 e. The quantitative estimate of drug-likeness (QED) is 0.399. The molecule has 2 atom stereocenters. The highest BCUT2D eigenvalue weighted by Crippen LogP contribution is 2.38. The van der Waals surface area contributed by atoms with Crippen molar-refractivity contribution >= 4 is 22.2 Å². The number of hydrogen-bond donors (Lipinski definition) is 0. The van der Waals surface area contributed by atoms with Gasteiger partial charge in [0.1, 0.15) is 14.2 Å². The molecule has 0 aromatic heterocycles. The lowest BCUT2D eigenvalue weighted by atomic mass is 10.00. The Morgan fingerprint density at radius 3 is 2.00 bits per heavy atom. The molecule has 0 bridgehead atoms. The predicted octanol–water partition coefficient (Wildman–Crippen LogP) is 5.04. The van der Waals surface area contributed by atoms with E-state index < -0.39 is 16.4 Å². The molecule has 22 heavy (non-hydrogen) atoms. The molecule has 126 valence electrons. The molecule has 2 nitrogen and oxygen atoms in total. The van der Waals surface area contributed by atoms with E-state index in [1.165, 1.54) is 0 Å². The van der Waals surface area contributed by atoms with Crippen LogP contribution in [0.3, 0.4) is 0 Å². The molecule has 4 heteroatoms. The first-order valence-corrected chi connectivity index (χ1v) is 14.5. The third-order valence-electron chi connectivity index (χ3n) is 4.05. The summed E-state index contributed by atoms with van der Waals surface area (Å²) >= 11 is 0. The van der Waals surface area contributed by atoms with Gasteiger partial charge in [-0.3, -0.25) is 4.79 Å². The minimum Gasteiger partial charge on any atom is -0.403 e. The first kappa shape index (κ1) is 21.4. The first-order valence-electron chi connectivity index (χ1n) is 8.08. The molecule has 0 N–H and O–H groups in total. The van der Waals surface area contributed by atoms with Crippen molar-refractivity contribution in [2.45, 2.75) is 78.5 Å². The Balaban J connectivity index is 5.53. The number of allylic oxidation sites excluding steroid dienone is 2. The molecular weight excluding hydrogens is 304 g/mol. The Kier molecular flexibility index (Phi) is 7.54. The minimum absolute atomic E-state index is 0.0936. The molecule has 0 aliphatic heterocycles. The summed E-state index contributed by atoms with van der Waals surface area (Å²) < 4.78 is 6.46. The van der Waals surface area contributed by atoms with Crippen molar-refractivity contribution in [2.75, 3.05) is 0 Å². The van der Waals surface area contributed by atoms with E-state index in [2.05, 4.69) is 65.0 Å². The highest BCUT2D eigenvalue weighted by molar-refractivity contribution is 6.83. The third-order valence-corrected chi connectivity index (χ3v) is 9.40. The summed E-state index contributed by atoms with van der Waals surface area (Å²) in [6.07, 6.45) is 3.10. The molecule has 0 aromatic rings. The minimum atomic E-state index is -1.96. The summed E-state index contributed by atoms with van der Waals surface area (Å²) in [7, 11) is -3.45. The van der Waals surface area contributed by atoms with Gasteiger partial charge in [0.15, 0.2) is 14.1 Å². The lowest BCUT2D eigenvalue weighted by Crippen LogP contribution is -2.46. The number of ketones is 1. The summed E-state index contributed by atoms with van der Waals surface area (Å²) in [5.74, 6) is 3.16. The monoisotopic (exact) mass is 338 g/mol. The first-order chi connectivity index (χ1) is 9.71. The van der Waals surface area contributed by atoms with Crippen molar-refractivity contribution in [3.8, 4) is 11.5 Å². The molecule has 0 aliphatic rings. The van der Waals surface area contributed by atoms with Gasteiger partial charge in [-0.1, -0.05) is 59.3 Å². The summed E-state index contributed by atoms with van der Waals surface area (Å²) in [5, 5.41) is 0.107. The second kappa shape index (κ2) is 7.76. The smallest absolute Gasteiger partial charge is 0.193 e. The molecular formula is C18H34O2Si2. The Labute approximate surface area is 139 Å². The second-order valence-corrected chi connectivity index (χ2v) is 18.0. The van der Waals surface area contributed by atoms with Crippen molar-refractivity contribution in [3.05, 3.63) is 12.2 Å². The summed E-state index contributed by atoms with van der Waals surface area (Å²) in [4.78, 5) is 12.2. The average Bonchev–Trinajstić information content (AvgIpc) is 2.31. The van der Waals surface area contributed by atoms with Crippen molar-refractivity contribution in [3.63, 3.8) is 0 Å². The van der Waals surface area contributed by atoms with Crippen LogP contribution in [0.25, 0.3) is 0 Å². The number of rotatable bonds is 5. The van der Waals surface area contributed by atoms with Crippen LogP contribution < -0.4 is 0 Å². The molecule has 0 aliphatic carbocycles. The van der Waals surface area contributed by atoms with Gasteiger partial charge in [-0.2, -0.15) is 0 Å². The van der Waals surface area contributed by atoms with Crippen molar-refractivity contribution in [1.82, 2.24) is 0 Å². The number of carbonyl (C=O) groups excluding carboxylic acids is 1. The lowest BCUT2D eigenvalue weighted by molar-refractivity contribution is -0.119. The van der Waals surface area contributed by atoms with Crippen molar-refractivity contribution in [2.24, 2.45) is 5.92 Å². The van der Waals surface area contributed by atoms with E-state index in [0.29, 0.717) is 0 Å². The van der Waals surface area contributed by atoms with Crippen molar-refractivity contribution < 1.29 is 9.22 Å². The zero-order valence-corrected chi connectivity index (χ0v) is 18.1. The van der Waals surface area contributed by atoms with Gasteiger partial charge in [0.25, 0.3) is 0 Å². The van der Waals surface area contributed by atoms with E-state index in [-0.39, 0.29) is 22.8 Å². The zero-order chi connectivity index (χ0) is 17.8. The number of hydrogen-bond acceptors (Lipinski definition) is 2. The number of carbonyl (C=O) groups is 1. The molecule has 0 fully saturated rings. The van der Waals surface area contributed by atoms with Crippen LogP contribution in [0.15, 0.2) is 12.2 Å². The predicted molar refractivity (Wildman–Crippen MR) is 102 cm³/mol. The fraction of sp³-hybridized carbons (Fsp3) is 0.722. The molecule has 0 saturated heterocycles. The standard InChI is InChI=1S/C18H34O2Si2/c1-11-12-16(19)15(2)17(13-14-21(6,7)8)20-22(9,10)18(3,4)5/h11-12,15,17H,1-10H3/b12-11+/t15-,17-/m0/s1. The van der Waals surface area contributed by atoms with Gasteiger partial charge in [0.05, 0.1) is 5.92 Å².